The summed E-state index contributed by atoms with van der Waals surface area (Å²) in [6, 6.07) is 10.0. The minimum Gasteiger partial charge on any atom is -0.454 e. The van der Waals surface area contributed by atoms with E-state index in [1.807, 2.05) is 19.2 Å². The SMILES string of the molecule is CCC(NC)c1ccc(Oc2cc(Br)cc(F)c2F)cc1. The van der Waals surface area contributed by atoms with Crippen molar-refractivity contribution in [2.45, 2.75) is 19.4 Å². The van der Waals surface area contributed by atoms with E-state index in [0.29, 0.717) is 10.2 Å². The number of benzene rings is 2. The number of rotatable bonds is 5. The summed E-state index contributed by atoms with van der Waals surface area (Å²) in [5.74, 6) is -1.63. The van der Waals surface area contributed by atoms with E-state index < -0.39 is 11.6 Å². The molecule has 2 rings (SSSR count). The van der Waals surface area contributed by atoms with E-state index in [0.717, 1.165) is 18.1 Å². The molecular weight excluding hydrogens is 340 g/mol. The van der Waals surface area contributed by atoms with Crippen molar-refractivity contribution in [3.8, 4) is 11.5 Å². The van der Waals surface area contributed by atoms with Gasteiger partial charge in [0, 0.05) is 10.5 Å². The number of hydrogen-bond donors (Lipinski definition) is 1. The predicted molar refractivity (Wildman–Crippen MR) is 82.7 cm³/mol. The summed E-state index contributed by atoms with van der Waals surface area (Å²) in [6.07, 6.45) is 0.960. The maximum Gasteiger partial charge on any atom is 0.201 e. The maximum atomic E-state index is 13.7. The fraction of sp³-hybridized carbons (Fsp3) is 0.250. The van der Waals surface area contributed by atoms with Crippen molar-refractivity contribution in [2.24, 2.45) is 0 Å². The van der Waals surface area contributed by atoms with Crippen LogP contribution in [0.15, 0.2) is 40.9 Å². The Hall–Kier alpha value is -1.46. The highest BCUT2D eigenvalue weighted by Crippen LogP contribution is 2.30. The van der Waals surface area contributed by atoms with E-state index >= 15 is 0 Å². The Morgan fingerprint density at radius 3 is 2.43 bits per heavy atom. The molecule has 1 atom stereocenters. The number of hydrogen-bond acceptors (Lipinski definition) is 2. The summed E-state index contributed by atoms with van der Waals surface area (Å²) in [5.41, 5.74) is 1.12. The molecule has 0 fully saturated rings. The lowest BCUT2D eigenvalue weighted by atomic mass is 10.0. The molecule has 1 unspecified atom stereocenters. The first-order valence-corrected chi connectivity index (χ1v) is 7.44. The molecule has 0 aliphatic heterocycles. The molecule has 0 spiro atoms. The Balaban J connectivity index is 2.21. The lowest BCUT2D eigenvalue weighted by Gasteiger charge is -2.15. The zero-order chi connectivity index (χ0) is 15.4. The molecule has 0 saturated carbocycles. The fourth-order valence-corrected chi connectivity index (χ4v) is 2.52. The van der Waals surface area contributed by atoms with Gasteiger partial charge in [0.05, 0.1) is 0 Å². The molecule has 5 heteroatoms. The summed E-state index contributed by atoms with van der Waals surface area (Å²) >= 11 is 3.11. The summed E-state index contributed by atoms with van der Waals surface area (Å²) in [7, 11) is 1.90. The molecule has 0 bridgehead atoms. The smallest absolute Gasteiger partial charge is 0.201 e. The Bertz CT molecular complexity index is 612. The Morgan fingerprint density at radius 1 is 1.19 bits per heavy atom. The van der Waals surface area contributed by atoms with Gasteiger partial charge in [-0.3, -0.25) is 0 Å². The third-order valence-corrected chi connectivity index (χ3v) is 3.68. The second kappa shape index (κ2) is 7.00. The van der Waals surface area contributed by atoms with E-state index in [9.17, 15) is 8.78 Å². The van der Waals surface area contributed by atoms with Crippen LogP contribution in [0.2, 0.25) is 0 Å². The molecule has 0 saturated heterocycles. The number of halogens is 3. The van der Waals surface area contributed by atoms with Crippen molar-refractivity contribution in [3.63, 3.8) is 0 Å². The van der Waals surface area contributed by atoms with Crippen molar-refractivity contribution in [3.05, 3.63) is 58.1 Å². The summed E-state index contributed by atoms with van der Waals surface area (Å²) in [4.78, 5) is 0. The Kier molecular flexibility index (Phi) is 5.31. The van der Waals surface area contributed by atoms with Gasteiger partial charge in [-0.05, 0) is 43.3 Å². The van der Waals surface area contributed by atoms with Crippen LogP contribution in [0.4, 0.5) is 8.78 Å². The minimum atomic E-state index is -0.996. The second-order valence-electron chi connectivity index (χ2n) is 4.62. The first kappa shape index (κ1) is 15.9. The molecule has 21 heavy (non-hydrogen) atoms. The van der Waals surface area contributed by atoms with Crippen LogP contribution in [0, 0.1) is 11.6 Å². The first-order valence-electron chi connectivity index (χ1n) is 6.64. The van der Waals surface area contributed by atoms with Gasteiger partial charge in [0.1, 0.15) is 5.75 Å². The monoisotopic (exact) mass is 355 g/mol. The molecule has 0 heterocycles. The Morgan fingerprint density at radius 2 is 1.86 bits per heavy atom. The Labute approximate surface area is 131 Å². The molecule has 0 aliphatic carbocycles. The maximum absolute atomic E-state index is 13.7. The van der Waals surface area contributed by atoms with Crippen LogP contribution in [-0.2, 0) is 0 Å². The number of ether oxygens (including phenoxy) is 1. The van der Waals surface area contributed by atoms with Gasteiger partial charge in [-0.25, -0.2) is 4.39 Å². The fourth-order valence-electron chi connectivity index (χ4n) is 2.11. The molecule has 0 aromatic heterocycles. The quantitative estimate of drug-likeness (QED) is 0.745. The molecule has 112 valence electrons. The van der Waals surface area contributed by atoms with E-state index in [1.165, 1.54) is 6.07 Å². The van der Waals surface area contributed by atoms with Crippen LogP contribution >= 0.6 is 15.9 Å². The molecule has 1 N–H and O–H groups in total. The molecule has 2 nitrogen and oxygen atoms in total. The third kappa shape index (κ3) is 3.80. The van der Waals surface area contributed by atoms with Gasteiger partial charge in [0.2, 0.25) is 5.82 Å². The average molecular weight is 356 g/mol. The van der Waals surface area contributed by atoms with Gasteiger partial charge in [-0.15, -0.1) is 0 Å². The predicted octanol–water partition coefficient (Wildman–Crippen LogP) is 5.19. The van der Waals surface area contributed by atoms with Gasteiger partial charge in [0.15, 0.2) is 11.6 Å². The zero-order valence-electron chi connectivity index (χ0n) is 11.8. The van der Waals surface area contributed by atoms with Gasteiger partial charge >= 0.3 is 0 Å². The normalized spacial score (nSPS) is 12.2. The van der Waals surface area contributed by atoms with Gasteiger partial charge in [-0.1, -0.05) is 35.0 Å². The summed E-state index contributed by atoms with van der Waals surface area (Å²) < 4.78 is 32.8. The van der Waals surface area contributed by atoms with E-state index in [2.05, 4.69) is 28.2 Å². The average Bonchev–Trinajstić information content (AvgIpc) is 2.47. The van der Waals surface area contributed by atoms with Gasteiger partial charge < -0.3 is 10.1 Å². The zero-order valence-corrected chi connectivity index (χ0v) is 13.4. The molecule has 2 aromatic carbocycles. The highest BCUT2D eigenvalue weighted by molar-refractivity contribution is 9.10. The van der Waals surface area contributed by atoms with E-state index in [1.54, 1.807) is 12.1 Å². The van der Waals surface area contributed by atoms with Crippen LogP contribution in [0.3, 0.4) is 0 Å². The minimum absolute atomic E-state index is 0.143. The lowest BCUT2D eigenvalue weighted by molar-refractivity contribution is 0.415. The van der Waals surface area contributed by atoms with Crippen molar-refractivity contribution in [1.29, 1.82) is 0 Å². The van der Waals surface area contributed by atoms with Gasteiger partial charge in [0.25, 0.3) is 0 Å². The van der Waals surface area contributed by atoms with Crippen LogP contribution in [0.1, 0.15) is 24.9 Å². The van der Waals surface area contributed by atoms with Crippen molar-refractivity contribution in [2.75, 3.05) is 7.05 Å². The highest BCUT2D eigenvalue weighted by atomic mass is 79.9. The third-order valence-electron chi connectivity index (χ3n) is 3.23. The summed E-state index contributed by atoms with van der Waals surface area (Å²) in [5, 5.41) is 3.20. The van der Waals surface area contributed by atoms with E-state index in [-0.39, 0.29) is 11.8 Å². The molecule has 0 radical (unpaired) electrons. The van der Waals surface area contributed by atoms with Crippen molar-refractivity contribution >= 4 is 15.9 Å². The number of nitrogens with one attached hydrogen (secondary N) is 1. The van der Waals surface area contributed by atoms with Gasteiger partial charge in [-0.2, -0.15) is 4.39 Å². The van der Waals surface area contributed by atoms with Crippen LogP contribution in [-0.4, -0.2) is 7.05 Å². The highest BCUT2D eigenvalue weighted by Gasteiger charge is 2.13. The van der Waals surface area contributed by atoms with E-state index in [4.69, 9.17) is 4.74 Å². The summed E-state index contributed by atoms with van der Waals surface area (Å²) in [6.45, 7) is 2.09. The molecule has 0 amide bonds. The topological polar surface area (TPSA) is 21.3 Å². The van der Waals surface area contributed by atoms with Crippen LogP contribution in [0.25, 0.3) is 0 Å². The van der Waals surface area contributed by atoms with Crippen LogP contribution in [0.5, 0.6) is 11.5 Å². The molecule has 0 aliphatic rings. The first-order chi connectivity index (χ1) is 10.0. The molecular formula is C16H16BrF2NO. The lowest BCUT2D eigenvalue weighted by Crippen LogP contribution is -2.14. The molecule has 2 aromatic rings. The van der Waals surface area contributed by atoms with Crippen molar-refractivity contribution < 1.29 is 13.5 Å². The second-order valence-corrected chi connectivity index (χ2v) is 5.54. The largest absolute Gasteiger partial charge is 0.454 e. The van der Waals surface area contributed by atoms with Crippen molar-refractivity contribution in [1.82, 2.24) is 5.32 Å². The van der Waals surface area contributed by atoms with Crippen LogP contribution < -0.4 is 10.1 Å². The standard InChI is InChI=1S/C16H16BrF2NO/c1-3-14(20-2)10-4-6-12(7-5-10)21-15-9-11(17)8-13(18)16(15)19/h4-9,14,20H,3H2,1-2H3.